The molecule has 3 heteroatoms. The van der Waals surface area contributed by atoms with Crippen molar-refractivity contribution in [3.8, 4) is 0 Å². The van der Waals surface area contributed by atoms with Gasteiger partial charge >= 0.3 is 0 Å². The number of nitrogens with one attached hydrogen (secondary N) is 1. The second-order valence-corrected chi connectivity index (χ2v) is 5.54. The minimum atomic E-state index is -0.184. The van der Waals surface area contributed by atoms with Crippen LogP contribution in [0, 0.1) is 12.7 Å². The van der Waals surface area contributed by atoms with Crippen molar-refractivity contribution in [3.63, 3.8) is 0 Å². The van der Waals surface area contributed by atoms with E-state index < -0.39 is 0 Å². The van der Waals surface area contributed by atoms with E-state index in [4.69, 9.17) is 4.74 Å². The zero-order valence-corrected chi connectivity index (χ0v) is 12.0. The van der Waals surface area contributed by atoms with Gasteiger partial charge in [-0.3, -0.25) is 0 Å². The third kappa shape index (κ3) is 4.75. The smallest absolute Gasteiger partial charge is 0.126 e. The van der Waals surface area contributed by atoms with E-state index in [0.29, 0.717) is 12.2 Å². The number of likely N-dealkylation sites (N-methyl/N-ethyl adjacent to an activating group) is 1. The van der Waals surface area contributed by atoms with Crippen LogP contribution in [0.5, 0.6) is 0 Å². The molecule has 1 rings (SSSR count). The van der Waals surface area contributed by atoms with Gasteiger partial charge in [0.25, 0.3) is 0 Å². The molecule has 1 N–H and O–H groups in total. The SMILES string of the molecule is CCNC(COC(C)(C)C)c1ccc(C)c(F)c1. The first-order valence-corrected chi connectivity index (χ1v) is 6.47. The number of halogens is 1. The molecule has 1 unspecified atom stereocenters. The molecule has 0 fully saturated rings. The maximum absolute atomic E-state index is 13.6. The molecule has 0 amide bonds. The Morgan fingerprint density at radius 3 is 2.50 bits per heavy atom. The monoisotopic (exact) mass is 253 g/mol. The highest BCUT2D eigenvalue weighted by molar-refractivity contribution is 5.25. The molecule has 0 aliphatic rings. The number of aryl methyl sites for hydroxylation is 1. The second-order valence-electron chi connectivity index (χ2n) is 5.54. The molecule has 0 heterocycles. The fourth-order valence-corrected chi connectivity index (χ4v) is 1.68. The number of rotatable bonds is 5. The van der Waals surface area contributed by atoms with Gasteiger partial charge in [0, 0.05) is 0 Å². The van der Waals surface area contributed by atoms with Gasteiger partial charge in [-0.1, -0.05) is 19.1 Å². The van der Waals surface area contributed by atoms with Gasteiger partial charge in [0.05, 0.1) is 18.2 Å². The lowest BCUT2D eigenvalue weighted by Gasteiger charge is -2.25. The van der Waals surface area contributed by atoms with Crippen LogP contribution in [-0.4, -0.2) is 18.8 Å². The molecule has 0 aliphatic carbocycles. The lowest BCUT2D eigenvalue weighted by Crippen LogP contribution is -2.30. The average molecular weight is 253 g/mol. The van der Waals surface area contributed by atoms with Crippen LogP contribution in [0.4, 0.5) is 4.39 Å². The van der Waals surface area contributed by atoms with Crippen LogP contribution in [0.1, 0.15) is 44.9 Å². The van der Waals surface area contributed by atoms with Crippen LogP contribution >= 0.6 is 0 Å². The third-order valence-electron chi connectivity index (χ3n) is 2.73. The van der Waals surface area contributed by atoms with Crippen LogP contribution in [0.25, 0.3) is 0 Å². The van der Waals surface area contributed by atoms with Crippen molar-refractivity contribution >= 4 is 0 Å². The fraction of sp³-hybridized carbons (Fsp3) is 0.600. The highest BCUT2D eigenvalue weighted by Gasteiger charge is 2.17. The second kappa shape index (κ2) is 6.30. The summed E-state index contributed by atoms with van der Waals surface area (Å²) in [5.41, 5.74) is 1.42. The predicted octanol–water partition coefficient (Wildman–Crippen LogP) is 3.60. The molecule has 18 heavy (non-hydrogen) atoms. The first kappa shape index (κ1) is 15.1. The van der Waals surface area contributed by atoms with Crippen molar-refractivity contribution in [2.75, 3.05) is 13.2 Å². The fourth-order valence-electron chi connectivity index (χ4n) is 1.68. The van der Waals surface area contributed by atoms with E-state index in [1.165, 1.54) is 0 Å². The van der Waals surface area contributed by atoms with E-state index in [1.807, 2.05) is 39.8 Å². The Hall–Kier alpha value is -0.930. The van der Waals surface area contributed by atoms with E-state index in [2.05, 4.69) is 5.32 Å². The Morgan fingerprint density at radius 2 is 2.00 bits per heavy atom. The van der Waals surface area contributed by atoms with Crippen LogP contribution in [-0.2, 0) is 4.74 Å². The van der Waals surface area contributed by atoms with Crippen molar-refractivity contribution in [2.24, 2.45) is 0 Å². The van der Waals surface area contributed by atoms with Gasteiger partial charge in [0.15, 0.2) is 0 Å². The normalized spacial score (nSPS) is 13.7. The van der Waals surface area contributed by atoms with E-state index in [0.717, 1.165) is 12.1 Å². The summed E-state index contributed by atoms with van der Waals surface area (Å²) in [6.07, 6.45) is 0. The molecular weight excluding hydrogens is 229 g/mol. The Labute approximate surface area is 110 Å². The largest absolute Gasteiger partial charge is 0.374 e. The molecule has 0 aliphatic heterocycles. The van der Waals surface area contributed by atoms with Gasteiger partial charge < -0.3 is 10.1 Å². The average Bonchev–Trinajstić information content (AvgIpc) is 2.27. The summed E-state index contributed by atoms with van der Waals surface area (Å²) >= 11 is 0. The topological polar surface area (TPSA) is 21.3 Å². The van der Waals surface area contributed by atoms with Crippen LogP contribution in [0.2, 0.25) is 0 Å². The van der Waals surface area contributed by atoms with Gasteiger partial charge in [-0.2, -0.15) is 0 Å². The maximum Gasteiger partial charge on any atom is 0.126 e. The molecular formula is C15H24FNO. The quantitative estimate of drug-likeness (QED) is 0.865. The number of benzene rings is 1. The van der Waals surface area contributed by atoms with Gasteiger partial charge in [-0.05, 0) is 51.4 Å². The summed E-state index contributed by atoms with van der Waals surface area (Å²) in [5, 5.41) is 3.33. The Kier molecular flexibility index (Phi) is 5.29. The summed E-state index contributed by atoms with van der Waals surface area (Å²) in [6.45, 7) is 11.2. The maximum atomic E-state index is 13.6. The minimum absolute atomic E-state index is 0.0318. The van der Waals surface area contributed by atoms with E-state index in [-0.39, 0.29) is 17.5 Å². The van der Waals surface area contributed by atoms with Crippen molar-refractivity contribution < 1.29 is 9.13 Å². The van der Waals surface area contributed by atoms with Gasteiger partial charge in [0.2, 0.25) is 0 Å². The number of ether oxygens (including phenoxy) is 1. The Balaban J connectivity index is 2.80. The zero-order valence-electron chi connectivity index (χ0n) is 12.0. The molecule has 2 nitrogen and oxygen atoms in total. The molecule has 0 bridgehead atoms. The summed E-state index contributed by atoms with van der Waals surface area (Å²) in [4.78, 5) is 0. The van der Waals surface area contributed by atoms with Crippen LogP contribution < -0.4 is 5.32 Å². The molecule has 0 aromatic heterocycles. The first-order valence-electron chi connectivity index (χ1n) is 6.47. The van der Waals surface area contributed by atoms with Gasteiger partial charge in [0.1, 0.15) is 5.82 Å². The molecule has 102 valence electrons. The molecule has 1 aromatic carbocycles. The lowest BCUT2D eigenvalue weighted by atomic mass is 10.0. The summed E-state index contributed by atoms with van der Waals surface area (Å²) in [7, 11) is 0. The van der Waals surface area contributed by atoms with Gasteiger partial charge in [-0.15, -0.1) is 0 Å². The van der Waals surface area contributed by atoms with E-state index in [9.17, 15) is 4.39 Å². The van der Waals surface area contributed by atoms with Gasteiger partial charge in [-0.25, -0.2) is 4.39 Å². The number of hydrogen-bond donors (Lipinski definition) is 1. The van der Waals surface area contributed by atoms with Crippen molar-refractivity contribution in [1.29, 1.82) is 0 Å². The molecule has 0 spiro atoms. The molecule has 1 aromatic rings. The van der Waals surface area contributed by atoms with E-state index in [1.54, 1.807) is 13.0 Å². The molecule has 1 atom stereocenters. The Bertz CT molecular complexity index is 385. The summed E-state index contributed by atoms with van der Waals surface area (Å²) < 4.78 is 19.4. The molecule has 0 saturated heterocycles. The van der Waals surface area contributed by atoms with E-state index >= 15 is 0 Å². The van der Waals surface area contributed by atoms with Crippen LogP contribution in [0.15, 0.2) is 18.2 Å². The van der Waals surface area contributed by atoms with Crippen molar-refractivity contribution in [2.45, 2.75) is 46.3 Å². The zero-order chi connectivity index (χ0) is 13.8. The van der Waals surface area contributed by atoms with Crippen molar-refractivity contribution in [3.05, 3.63) is 35.1 Å². The summed E-state index contributed by atoms with van der Waals surface area (Å²) in [6, 6.07) is 5.39. The number of hydrogen-bond acceptors (Lipinski definition) is 2. The Morgan fingerprint density at radius 1 is 1.33 bits per heavy atom. The lowest BCUT2D eigenvalue weighted by molar-refractivity contribution is -0.0146. The first-order chi connectivity index (χ1) is 8.33. The van der Waals surface area contributed by atoms with Crippen molar-refractivity contribution in [1.82, 2.24) is 5.32 Å². The third-order valence-corrected chi connectivity index (χ3v) is 2.73. The highest BCUT2D eigenvalue weighted by Crippen LogP contribution is 2.19. The minimum Gasteiger partial charge on any atom is -0.374 e. The standard InChI is InChI=1S/C15H24FNO/c1-6-17-14(10-18-15(3,4)5)12-8-7-11(2)13(16)9-12/h7-9,14,17H,6,10H2,1-5H3. The molecule has 0 radical (unpaired) electrons. The van der Waals surface area contributed by atoms with Crippen LogP contribution in [0.3, 0.4) is 0 Å². The predicted molar refractivity (Wildman–Crippen MR) is 73.3 cm³/mol. The summed E-state index contributed by atoms with van der Waals surface area (Å²) in [5.74, 6) is -0.161. The molecule has 0 saturated carbocycles. The highest BCUT2D eigenvalue weighted by atomic mass is 19.1.